The number of methoxy groups -OCH3 is 2. The smallest absolute Gasteiger partial charge is 0.133 e. The minimum absolute atomic E-state index is 0. The van der Waals surface area contributed by atoms with E-state index < -0.39 is 0 Å². The molecule has 0 saturated heterocycles. The molecule has 1 aromatic carbocycles. The number of hydrogen-bond donors (Lipinski definition) is 1. The first-order valence-electron chi connectivity index (χ1n) is 4.68. The van der Waals surface area contributed by atoms with Gasteiger partial charge < -0.3 is 15.2 Å². The zero-order valence-electron chi connectivity index (χ0n) is 9.57. The van der Waals surface area contributed by atoms with Crippen LogP contribution in [-0.4, -0.2) is 14.2 Å². The van der Waals surface area contributed by atoms with E-state index in [4.69, 9.17) is 20.5 Å². The lowest BCUT2D eigenvalue weighted by atomic mass is 10.0. The van der Waals surface area contributed by atoms with Gasteiger partial charge in [0.05, 0.1) is 31.2 Å². The second-order valence-electron chi connectivity index (χ2n) is 3.20. The molecule has 0 spiro atoms. The lowest BCUT2D eigenvalue weighted by molar-refractivity contribution is 0.393. The fourth-order valence-corrected chi connectivity index (χ4v) is 1.87. The molecule has 0 heterocycles. The van der Waals surface area contributed by atoms with Crippen LogP contribution in [0.2, 0.25) is 0 Å². The minimum Gasteiger partial charge on any atom is -0.496 e. The van der Waals surface area contributed by atoms with Gasteiger partial charge in [-0.05, 0) is 28.1 Å². The van der Waals surface area contributed by atoms with E-state index in [1.54, 1.807) is 26.4 Å². The Hall–Kier alpha value is -0.960. The summed E-state index contributed by atoms with van der Waals surface area (Å²) in [5, 5.41) is 8.63. The number of hydrogen-bond acceptors (Lipinski definition) is 4. The molecule has 0 saturated carbocycles. The van der Waals surface area contributed by atoms with Crippen molar-refractivity contribution in [1.29, 1.82) is 5.26 Å². The van der Waals surface area contributed by atoms with Crippen LogP contribution in [0.15, 0.2) is 16.6 Å². The second kappa shape index (κ2) is 7.38. The van der Waals surface area contributed by atoms with Gasteiger partial charge in [0, 0.05) is 11.6 Å². The number of benzene rings is 1. The molecule has 0 aliphatic carbocycles. The molecule has 94 valence electrons. The van der Waals surface area contributed by atoms with E-state index in [1.165, 1.54) is 0 Å². The third-order valence-corrected chi connectivity index (χ3v) is 2.83. The van der Waals surface area contributed by atoms with Crippen LogP contribution in [0, 0.1) is 11.3 Å². The Kier molecular flexibility index (Phi) is 6.97. The third-order valence-electron chi connectivity index (χ3n) is 2.21. The quantitative estimate of drug-likeness (QED) is 0.926. The van der Waals surface area contributed by atoms with Crippen molar-refractivity contribution in [2.75, 3.05) is 14.2 Å². The number of rotatable bonds is 4. The first-order valence-corrected chi connectivity index (χ1v) is 5.47. The molecule has 0 unspecified atom stereocenters. The Morgan fingerprint density at radius 2 is 1.94 bits per heavy atom. The highest BCUT2D eigenvalue weighted by atomic mass is 79.9. The number of ether oxygens (including phenoxy) is 2. The van der Waals surface area contributed by atoms with Gasteiger partial charge in [0.25, 0.3) is 0 Å². The number of nitrogens with zero attached hydrogens (tertiary/aromatic N) is 1. The lowest BCUT2D eigenvalue weighted by Crippen LogP contribution is -2.11. The fraction of sp³-hybridized carbons (Fsp3) is 0.364. The van der Waals surface area contributed by atoms with Crippen LogP contribution in [0.5, 0.6) is 11.5 Å². The van der Waals surface area contributed by atoms with E-state index in [0.29, 0.717) is 11.5 Å². The minimum atomic E-state index is -0.373. The standard InChI is InChI=1S/C11H13BrN2O2.ClH/c1-15-10-6-8(12)11(16-2)5-7(10)9(14)3-4-13;/h5-6,9H,3,14H2,1-2H3;1H/t9-;/m0./s1. The Morgan fingerprint density at radius 1 is 1.35 bits per heavy atom. The van der Waals surface area contributed by atoms with Gasteiger partial charge in [0.1, 0.15) is 11.5 Å². The van der Waals surface area contributed by atoms with E-state index in [1.807, 2.05) is 6.07 Å². The van der Waals surface area contributed by atoms with Crippen molar-refractivity contribution in [3.05, 3.63) is 22.2 Å². The maximum Gasteiger partial charge on any atom is 0.133 e. The molecule has 0 aliphatic heterocycles. The summed E-state index contributed by atoms with van der Waals surface area (Å²) >= 11 is 3.36. The van der Waals surface area contributed by atoms with Crippen molar-refractivity contribution in [1.82, 2.24) is 0 Å². The van der Waals surface area contributed by atoms with Gasteiger partial charge in [-0.15, -0.1) is 12.4 Å². The van der Waals surface area contributed by atoms with Crippen molar-refractivity contribution in [3.8, 4) is 17.6 Å². The molecule has 0 radical (unpaired) electrons. The second-order valence-corrected chi connectivity index (χ2v) is 4.05. The highest BCUT2D eigenvalue weighted by molar-refractivity contribution is 9.10. The number of nitrogens with two attached hydrogens (primary N) is 1. The number of halogens is 2. The highest BCUT2D eigenvalue weighted by Crippen LogP contribution is 2.35. The normalized spacial score (nSPS) is 11.0. The van der Waals surface area contributed by atoms with Gasteiger partial charge in [-0.25, -0.2) is 0 Å². The van der Waals surface area contributed by atoms with Gasteiger partial charge in [-0.3, -0.25) is 0 Å². The molecule has 4 nitrogen and oxygen atoms in total. The molecule has 0 amide bonds. The first kappa shape index (κ1) is 16.0. The highest BCUT2D eigenvalue weighted by Gasteiger charge is 2.15. The Morgan fingerprint density at radius 3 is 2.41 bits per heavy atom. The van der Waals surface area contributed by atoms with Gasteiger partial charge >= 0.3 is 0 Å². The summed E-state index contributed by atoms with van der Waals surface area (Å²) in [5.41, 5.74) is 6.65. The summed E-state index contributed by atoms with van der Waals surface area (Å²) in [4.78, 5) is 0. The Balaban J connectivity index is 0.00000256. The summed E-state index contributed by atoms with van der Waals surface area (Å²) < 4.78 is 11.2. The van der Waals surface area contributed by atoms with Gasteiger partial charge in [-0.1, -0.05) is 0 Å². The van der Waals surface area contributed by atoms with E-state index in [2.05, 4.69) is 15.9 Å². The van der Waals surface area contributed by atoms with E-state index in [-0.39, 0.29) is 24.9 Å². The molecular formula is C11H14BrClN2O2. The third kappa shape index (κ3) is 3.77. The predicted molar refractivity (Wildman–Crippen MR) is 71.7 cm³/mol. The molecule has 17 heavy (non-hydrogen) atoms. The van der Waals surface area contributed by atoms with Crippen molar-refractivity contribution >= 4 is 28.3 Å². The molecule has 1 atom stereocenters. The molecule has 0 bridgehead atoms. The van der Waals surface area contributed by atoms with Crippen LogP contribution < -0.4 is 15.2 Å². The zero-order chi connectivity index (χ0) is 12.1. The average molecular weight is 322 g/mol. The first-order chi connectivity index (χ1) is 7.63. The monoisotopic (exact) mass is 320 g/mol. The predicted octanol–water partition coefficient (Wildman–Crippen LogP) is 2.80. The summed E-state index contributed by atoms with van der Waals surface area (Å²) in [5.74, 6) is 1.32. The van der Waals surface area contributed by atoms with Crippen LogP contribution in [0.1, 0.15) is 18.0 Å². The van der Waals surface area contributed by atoms with E-state index in [9.17, 15) is 0 Å². The van der Waals surface area contributed by atoms with Crippen molar-refractivity contribution in [2.45, 2.75) is 12.5 Å². The van der Waals surface area contributed by atoms with E-state index in [0.717, 1.165) is 10.0 Å². The average Bonchev–Trinajstić information content (AvgIpc) is 2.28. The molecule has 1 rings (SSSR count). The Bertz CT molecular complexity index is 421. The van der Waals surface area contributed by atoms with E-state index >= 15 is 0 Å². The largest absolute Gasteiger partial charge is 0.496 e. The number of nitriles is 1. The van der Waals surface area contributed by atoms with Gasteiger partial charge in [0.15, 0.2) is 0 Å². The molecule has 0 aromatic heterocycles. The van der Waals surface area contributed by atoms with Crippen LogP contribution in [0.4, 0.5) is 0 Å². The topological polar surface area (TPSA) is 68.3 Å². The summed E-state index contributed by atoms with van der Waals surface area (Å²) in [6.45, 7) is 0. The summed E-state index contributed by atoms with van der Waals surface area (Å²) in [6.07, 6.45) is 0.237. The molecular weight excluding hydrogens is 307 g/mol. The molecule has 6 heteroatoms. The van der Waals surface area contributed by atoms with Gasteiger partial charge in [-0.2, -0.15) is 5.26 Å². The summed E-state index contributed by atoms with van der Waals surface area (Å²) in [6, 6.07) is 5.23. The zero-order valence-corrected chi connectivity index (χ0v) is 12.0. The van der Waals surface area contributed by atoms with Crippen molar-refractivity contribution < 1.29 is 9.47 Å². The van der Waals surface area contributed by atoms with Crippen molar-refractivity contribution in [3.63, 3.8) is 0 Å². The molecule has 0 fully saturated rings. The van der Waals surface area contributed by atoms with Crippen LogP contribution in [0.3, 0.4) is 0 Å². The van der Waals surface area contributed by atoms with Crippen molar-refractivity contribution in [2.24, 2.45) is 5.73 Å². The van der Waals surface area contributed by atoms with Crippen LogP contribution in [-0.2, 0) is 0 Å². The maximum absolute atomic E-state index is 8.63. The van der Waals surface area contributed by atoms with Gasteiger partial charge in [0.2, 0.25) is 0 Å². The summed E-state index contributed by atoms with van der Waals surface area (Å²) in [7, 11) is 3.14. The molecule has 2 N–H and O–H groups in total. The Labute approximate surface area is 115 Å². The van der Waals surface area contributed by atoms with Crippen LogP contribution in [0.25, 0.3) is 0 Å². The maximum atomic E-state index is 8.63. The fourth-order valence-electron chi connectivity index (χ4n) is 1.38. The SMILES string of the molecule is COc1cc([C@@H](N)CC#N)c(OC)cc1Br.Cl. The molecule has 0 aliphatic rings. The molecule has 1 aromatic rings. The lowest BCUT2D eigenvalue weighted by Gasteiger charge is -2.15. The van der Waals surface area contributed by atoms with Crippen LogP contribution >= 0.6 is 28.3 Å².